The summed E-state index contributed by atoms with van der Waals surface area (Å²) in [7, 11) is 1.15. The maximum atomic E-state index is 12.9. The van der Waals surface area contributed by atoms with Crippen LogP contribution >= 0.6 is 15.9 Å². The van der Waals surface area contributed by atoms with Crippen molar-refractivity contribution in [1.29, 1.82) is 0 Å². The third-order valence-corrected chi connectivity index (χ3v) is 2.01. The minimum Gasteiger partial charge on any atom is -0.493 e. The van der Waals surface area contributed by atoms with Gasteiger partial charge in [-0.2, -0.15) is 4.39 Å². The van der Waals surface area contributed by atoms with E-state index in [0.717, 1.165) is 19.2 Å². The van der Waals surface area contributed by atoms with Crippen LogP contribution in [0.5, 0.6) is 5.75 Å². The van der Waals surface area contributed by atoms with Gasteiger partial charge in [-0.25, -0.2) is 8.78 Å². The number of rotatable bonds is 2. The molecule has 0 bridgehead atoms. The van der Waals surface area contributed by atoms with E-state index < -0.39 is 22.5 Å². The molecule has 0 aromatic heterocycles. The Hall–Kier alpha value is -0.710. The van der Waals surface area contributed by atoms with Gasteiger partial charge in [-0.3, -0.25) is 0 Å². The molecule has 0 saturated heterocycles. The average molecular weight is 255 g/mol. The molecule has 13 heavy (non-hydrogen) atoms. The molecule has 1 nitrogen and oxygen atoms in total. The zero-order valence-corrected chi connectivity index (χ0v) is 8.24. The Kier molecular flexibility index (Phi) is 3.19. The van der Waals surface area contributed by atoms with Crippen molar-refractivity contribution in [3.8, 4) is 5.75 Å². The topological polar surface area (TPSA) is 9.23 Å². The third kappa shape index (κ3) is 1.96. The molecule has 0 aliphatic heterocycles. The lowest BCUT2D eigenvalue weighted by Crippen LogP contribution is -1.97. The van der Waals surface area contributed by atoms with Crippen molar-refractivity contribution in [3.63, 3.8) is 0 Å². The van der Waals surface area contributed by atoms with Crippen LogP contribution < -0.4 is 4.74 Å². The second-order valence-corrected chi connectivity index (χ2v) is 3.09. The molecule has 0 saturated carbocycles. The van der Waals surface area contributed by atoms with E-state index in [-0.39, 0.29) is 5.56 Å². The maximum absolute atomic E-state index is 12.9. The van der Waals surface area contributed by atoms with Gasteiger partial charge in [0.25, 0.3) is 0 Å². The van der Waals surface area contributed by atoms with Crippen LogP contribution in [-0.4, -0.2) is 7.11 Å². The van der Waals surface area contributed by atoms with Gasteiger partial charge in [0.1, 0.15) is 0 Å². The van der Waals surface area contributed by atoms with E-state index in [9.17, 15) is 13.2 Å². The fourth-order valence-electron chi connectivity index (χ4n) is 0.926. The van der Waals surface area contributed by atoms with Crippen molar-refractivity contribution in [2.24, 2.45) is 0 Å². The lowest BCUT2D eigenvalue weighted by Gasteiger charge is -2.09. The Bertz CT molecular complexity index is 315. The Morgan fingerprint density at radius 3 is 2.46 bits per heavy atom. The first kappa shape index (κ1) is 10.4. The summed E-state index contributed by atoms with van der Waals surface area (Å²) < 4.78 is 42.8. The van der Waals surface area contributed by atoms with Crippen LogP contribution in [0.4, 0.5) is 13.2 Å². The van der Waals surface area contributed by atoms with E-state index >= 15 is 0 Å². The van der Waals surface area contributed by atoms with E-state index in [1.54, 1.807) is 0 Å². The van der Waals surface area contributed by atoms with Gasteiger partial charge in [0.2, 0.25) is 5.82 Å². The van der Waals surface area contributed by atoms with Gasteiger partial charge in [0.05, 0.1) is 7.11 Å². The number of halogens is 4. The highest BCUT2D eigenvalue weighted by molar-refractivity contribution is 9.09. The summed E-state index contributed by atoms with van der Waals surface area (Å²) in [5, 5.41) is -1.57. The van der Waals surface area contributed by atoms with Crippen LogP contribution in [0, 0.1) is 11.6 Å². The summed E-state index contributed by atoms with van der Waals surface area (Å²) in [6.07, 6.45) is 0. The molecular formula is C8H6BrF3O. The van der Waals surface area contributed by atoms with E-state index in [1.165, 1.54) is 0 Å². The Morgan fingerprint density at radius 2 is 2.00 bits per heavy atom. The number of methoxy groups -OCH3 is 1. The zero-order valence-electron chi connectivity index (χ0n) is 6.65. The molecular weight excluding hydrogens is 249 g/mol. The molecule has 0 spiro atoms. The van der Waals surface area contributed by atoms with Gasteiger partial charge in [0, 0.05) is 5.56 Å². The van der Waals surface area contributed by atoms with E-state index in [4.69, 9.17) is 0 Å². The van der Waals surface area contributed by atoms with Gasteiger partial charge < -0.3 is 4.74 Å². The Morgan fingerprint density at radius 1 is 1.38 bits per heavy atom. The molecule has 0 aliphatic carbocycles. The van der Waals surface area contributed by atoms with Crippen molar-refractivity contribution in [2.75, 3.05) is 7.11 Å². The molecule has 1 aromatic rings. The van der Waals surface area contributed by atoms with Crippen LogP contribution in [0.2, 0.25) is 0 Å². The van der Waals surface area contributed by atoms with Crippen molar-refractivity contribution in [1.82, 2.24) is 0 Å². The molecule has 0 amide bonds. The van der Waals surface area contributed by atoms with Crippen LogP contribution in [0.3, 0.4) is 0 Å². The smallest absolute Gasteiger partial charge is 0.201 e. The van der Waals surface area contributed by atoms with Crippen LogP contribution in [-0.2, 0) is 0 Å². The summed E-state index contributed by atoms with van der Waals surface area (Å²) in [4.78, 5) is 0. The standard InChI is InChI=1S/C8H6BrF3O/c1-13-7-4(8(9)12)2-3-5(10)6(7)11/h2-3,8H,1H3. The second kappa shape index (κ2) is 4.00. The van der Waals surface area contributed by atoms with Crippen LogP contribution in [0.25, 0.3) is 0 Å². The average Bonchev–Trinajstić information content (AvgIpc) is 2.09. The minimum atomic E-state index is -1.57. The second-order valence-electron chi connectivity index (χ2n) is 2.28. The summed E-state index contributed by atoms with van der Waals surface area (Å²) >= 11 is 2.60. The summed E-state index contributed by atoms with van der Waals surface area (Å²) in [5.41, 5.74) is -0.0681. The first-order valence-corrected chi connectivity index (χ1v) is 4.29. The van der Waals surface area contributed by atoms with Gasteiger partial charge in [-0.1, -0.05) is 0 Å². The van der Waals surface area contributed by atoms with Crippen molar-refractivity contribution in [2.45, 2.75) is 5.08 Å². The maximum Gasteiger partial charge on any atom is 0.201 e. The molecule has 1 atom stereocenters. The highest BCUT2D eigenvalue weighted by atomic mass is 79.9. The first-order valence-electron chi connectivity index (χ1n) is 3.38. The first-order chi connectivity index (χ1) is 6.07. The number of hydrogen-bond donors (Lipinski definition) is 0. The highest BCUT2D eigenvalue weighted by Crippen LogP contribution is 2.34. The predicted molar refractivity (Wildman–Crippen MR) is 45.7 cm³/mol. The quantitative estimate of drug-likeness (QED) is 0.736. The molecule has 0 fully saturated rings. The molecule has 0 N–H and O–H groups in total. The van der Waals surface area contributed by atoms with Gasteiger partial charge in [0.15, 0.2) is 16.6 Å². The lowest BCUT2D eigenvalue weighted by atomic mass is 10.2. The zero-order chi connectivity index (χ0) is 10.0. The van der Waals surface area contributed by atoms with Gasteiger partial charge in [-0.15, -0.1) is 0 Å². The fraction of sp³-hybridized carbons (Fsp3) is 0.250. The van der Waals surface area contributed by atoms with E-state index in [2.05, 4.69) is 20.7 Å². The predicted octanol–water partition coefficient (Wildman–Crippen LogP) is 3.34. The third-order valence-electron chi connectivity index (χ3n) is 1.52. The molecule has 0 radical (unpaired) electrons. The molecule has 0 heterocycles. The molecule has 1 aromatic carbocycles. The molecule has 1 rings (SSSR count). The van der Waals surface area contributed by atoms with E-state index in [1.807, 2.05) is 0 Å². The monoisotopic (exact) mass is 254 g/mol. The van der Waals surface area contributed by atoms with Crippen LogP contribution in [0.15, 0.2) is 12.1 Å². The number of hydrogen-bond acceptors (Lipinski definition) is 1. The minimum absolute atomic E-state index is 0.0681. The normalized spacial score (nSPS) is 12.7. The van der Waals surface area contributed by atoms with Gasteiger partial charge in [-0.05, 0) is 28.1 Å². The Labute approximate surface area is 81.6 Å². The Balaban J connectivity index is 3.30. The summed E-state index contributed by atoms with van der Waals surface area (Å²) in [6, 6.07) is 1.97. The van der Waals surface area contributed by atoms with Crippen molar-refractivity contribution >= 4 is 15.9 Å². The summed E-state index contributed by atoms with van der Waals surface area (Å²) in [6.45, 7) is 0. The number of ether oxygens (including phenoxy) is 1. The number of alkyl halides is 2. The van der Waals surface area contributed by atoms with Crippen molar-refractivity contribution < 1.29 is 17.9 Å². The molecule has 0 aliphatic rings. The van der Waals surface area contributed by atoms with E-state index in [0.29, 0.717) is 0 Å². The van der Waals surface area contributed by atoms with Gasteiger partial charge >= 0.3 is 0 Å². The lowest BCUT2D eigenvalue weighted by molar-refractivity contribution is 0.355. The van der Waals surface area contributed by atoms with Crippen molar-refractivity contribution in [3.05, 3.63) is 29.3 Å². The summed E-state index contributed by atoms with van der Waals surface area (Å²) in [5.74, 6) is -2.65. The number of benzene rings is 1. The molecule has 1 unspecified atom stereocenters. The highest BCUT2D eigenvalue weighted by Gasteiger charge is 2.18. The fourth-order valence-corrected chi connectivity index (χ4v) is 1.29. The molecule has 5 heteroatoms. The SMILES string of the molecule is COc1c(C(F)Br)ccc(F)c1F. The molecule has 72 valence electrons. The largest absolute Gasteiger partial charge is 0.493 e. The van der Waals surface area contributed by atoms with Crippen LogP contribution in [0.1, 0.15) is 10.6 Å².